The van der Waals surface area contributed by atoms with E-state index in [0.29, 0.717) is 12.0 Å². The summed E-state index contributed by atoms with van der Waals surface area (Å²) in [6.45, 7) is 14.0. The first kappa shape index (κ1) is 28.8. The molecule has 0 radical (unpaired) electrons. The number of nitrogens with one attached hydrogen (secondary N) is 1. The second-order valence-corrected chi connectivity index (χ2v) is 11.6. The van der Waals surface area contributed by atoms with Gasteiger partial charge in [0.15, 0.2) is 0 Å². The third-order valence-corrected chi connectivity index (χ3v) is 8.49. The van der Waals surface area contributed by atoms with Crippen molar-refractivity contribution >= 4 is 5.91 Å². The molecule has 1 saturated carbocycles. The normalized spacial score (nSPS) is 26.1. The molecule has 3 unspecified atom stereocenters. The maximum Gasteiger partial charge on any atom is 0.251 e. The van der Waals surface area contributed by atoms with Crippen molar-refractivity contribution in [3.05, 3.63) is 47.3 Å². The lowest BCUT2D eigenvalue weighted by Gasteiger charge is -2.38. The number of unbranched alkanes of at least 4 members (excludes halogenated alkanes) is 1. The standard InChI is InChI=1S/C32H52N2O2/c1-6-9-19-30(33-31(35)26(14-7-2)22-25(4)5)32(8-3)20-21-34(24-32)23-27-15-10-13-18-29(27)36-28-16-11-12-17-28/h10,13-14,18,22,27-28,30H,6-9,11-12,15-17,19-21,23-24H2,1-5H3,(H,33,35). The number of rotatable bonds is 13. The van der Waals surface area contributed by atoms with Gasteiger partial charge in [0, 0.05) is 36.0 Å². The first-order chi connectivity index (χ1) is 17.4. The molecule has 3 atom stereocenters. The largest absolute Gasteiger partial charge is 0.494 e. The summed E-state index contributed by atoms with van der Waals surface area (Å²) in [5.74, 6) is 1.74. The number of carbonyl (C=O) groups excluding carboxylic acids is 1. The zero-order valence-corrected chi connectivity index (χ0v) is 23.8. The van der Waals surface area contributed by atoms with Crippen molar-refractivity contribution < 1.29 is 9.53 Å². The van der Waals surface area contributed by atoms with Crippen molar-refractivity contribution in [2.24, 2.45) is 11.3 Å². The maximum atomic E-state index is 13.4. The molecule has 0 aromatic carbocycles. The van der Waals surface area contributed by atoms with Gasteiger partial charge in [0.25, 0.3) is 5.91 Å². The summed E-state index contributed by atoms with van der Waals surface area (Å²) in [6.07, 6.45) is 23.8. The van der Waals surface area contributed by atoms with Gasteiger partial charge in [-0.2, -0.15) is 0 Å². The van der Waals surface area contributed by atoms with Crippen molar-refractivity contribution in [1.82, 2.24) is 10.2 Å². The molecule has 4 heteroatoms. The van der Waals surface area contributed by atoms with Gasteiger partial charge in [-0.1, -0.05) is 63.5 Å². The molecule has 0 aromatic heterocycles. The van der Waals surface area contributed by atoms with Crippen LogP contribution in [0.2, 0.25) is 0 Å². The number of likely N-dealkylation sites (tertiary alicyclic amines) is 1. The van der Waals surface area contributed by atoms with E-state index in [2.05, 4.69) is 69.1 Å². The fourth-order valence-corrected chi connectivity index (χ4v) is 6.36. The molecule has 0 spiro atoms. The monoisotopic (exact) mass is 496 g/mol. The fraction of sp³-hybridized carbons (Fsp3) is 0.719. The van der Waals surface area contributed by atoms with Gasteiger partial charge in [0.1, 0.15) is 5.76 Å². The summed E-state index contributed by atoms with van der Waals surface area (Å²) >= 11 is 0. The van der Waals surface area contributed by atoms with Crippen LogP contribution in [0, 0.1) is 11.3 Å². The van der Waals surface area contributed by atoms with Crippen LogP contribution in [0.15, 0.2) is 47.3 Å². The number of carbonyl (C=O) groups is 1. The molecule has 1 N–H and O–H groups in total. The van der Waals surface area contributed by atoms with E-state index in [-0.39, 0.29) is 17.4 Å². The molecule has 0 aromatic rings. The Morgan fingerprint density at radius 2 is 2.03 bits per heavy atom. The Balaban J connectivity index is 1.69. The second-order valence-electron chi connectivity index (χ2n) is 11.6. The van der Waals surface area contributed by atoms with E-state index in [1.54, 1.807) is 0 Å². The molecule has 1 aliphatic heterocycles. The second kappa shape index (κ2) is 14.2. The zero-order chi connectivity index (χ0) is 26.0. The Labute approximate surface area is 221 Å². The highest BCUT2D eigenvalue weighted by molar-refractivity contribution is 5.96. The lowest BCUT2D eigenvalue weighted by Crippen LogP contribution is -2.49. The molecule has 4 nitrogen and oxygen atoms in total. The average Bonchev–Trinajstić information content (AvgIpc) is 3.53. The molecule has 3 aliphatic rings. The molecule has 1 saturated heterocycles. The molecule has 202 valence electrons. The molecule has 2 fully saturated rings. The first-order valence-electron chi connectivity index (χ1n) is 14.8. The minimum Gasteiger partial charge on any atom is -0.494 e. The van der Waals surface area contributed by atoms with Gasteiger partial charge in [-0.25, -0.2) is 0 Å². The van der Waals surface area contributed by atoms with E-state index < -0.39 is 0 Å². The third-order valence-electron chi connectivity index (χ3n) is 8.49. The average molecular weight is 497 g/mol. The summed E-state index contributed by atoms with van der Waals surface area (Å²) in [5.41, 5.74) is 2.11. The van der Waals surface area contributed by atoms with E-state index in [9.17, 15) is 4.79 Å². The minimum absolute atomic E-state index is 0.0954. The lowest BCUT2D eigenvalue weighted by molar-refractivity contribution is -0.119. The third kappa shape index (κ3) is 7.84. The van der Waals surface area contributed by atoms with E-state index in [1.807, 2.05) is 6.08 Å². The SMILES string of the molecule is CCC=C(C=C(C)C)C(=O)NC(CCCC)C1(CC)CCN(CC2CC=CC=C2OC2CCCC2)C1. The van der Waals surface area contributed by atoms with Crippen LogP contribution in [0.4, 0.5) is 0 Å². The van der Waals surface area contributed by atoms with Crippen LogP contribution in [0.3, 0.4) is 0 Å². The number of hydrogen-bond acceptors (Lipinski definition) is 3. The Morgan fingerprint density at radius 3 is 2.69 bits per heavy atom. The summed E-state index contributed by atoms with van der Waals surface area (Å²) in [6, 6.07) is 0.210. The Morgan fingerprint density at radius 1 is 1.25 bits per heavy atom. The van der Waals surface area contributed by atoms with Crippen LogP contribution in [0.1, 0.15) is 105 Å². The number of amides is 1. The Kier molecular flexibility index (Phi) is 11.4. The van der Waals surface area contributed by atoms with Gasteiger partial charge in [0.2, 0.25) is 0 Å². The van der Waals surface area contributed by atoms with E-state index in [1.165, 1.54) is 31.4 Å². The predicted octanol–water partition coefficient (Wildman–Crippen LogP) is 7.49. The molecule has 1 heterocycles. The van der Waals surface area contributed by atoms with Crippen LogP contribution in [0.5, 0.6) is 0 Å². The zero-order valence-electron chi connectivity index (χ0n) is 23.8. The van der Waals surface area contributed by atoms with Crippen LogP contribution in [0.25, 0.3) is 0 Å². The van der Waals surface area contributed by atoms with E-state index >= 15 is 0 Å². The predicted molar refractivity (Wildman–Crippen MR) is 152 cm³/mol. The summed E-state index contributed by atoms with van der Waals surface area (Å²) < 4.78 is 6.50. The molecule has 3 rings (SSSR count). The Hall–Kier alpha value is -1.81. The maximum absolute atomic E-state index is 13.4. The van der Waals surface area contributed by atoms with Crippen LogP contribution in [-0.4, -0.2) is 42.6 Å². The number of hydrogen-bond donors (Lipinski definition) is 1. The minimum atomic E-state index is 0.0954. The van der Waals surface area contributed by atoms with E-state index in [4.69, 9.17) is 4.74 Å². The number of allylic oxidation sites excluding steroid dienone is 5. The quantitative estimate of drug-likeness (QED) is 0.212. The Bertz CT molecular complexity index is 829. The highest BCUT2D eigenvalue weighted by atomic mass is 16.5. The topological polar surface area (TPSA) is 41.6 Å². The van der Waals surface area contributed by atoms with Gasteiger partial charge in [-0.05, 0) is 84.3 Å². The van der Waals surface area contributed by atoms with Crippen molar-refractivity contribution in [2.75, 3.05) is 19.6 Å². The van der Waals surface area contributed by atoms with Crippen LogP contribution >= 0.6 is 0 Å². The highest BCUT2D eigenvalue weighted by Gasteiger charge is 2.44. The van der Waals surface area contributed by atoms with Gasteiger partial charge in [-0.15, -0.1) is 0 Å². The summed E-state index contributed by atoms with van der Waals surface area (Å²) in [4.78, 5) is 16.0. The van der Waals surface area contributed by atoms with Crippen molar-refractivity contribution in [3.8, 4) is 0 Å². The van der Waals surface area contributed by atoms with Gasteiger partial charge in [-0.3, -0.25) is 4.79 Å². The van der Waals surface area contributed by atoms with Crippen LogP contribution < -0.4 is 5.32 Å². The lowest BCUT2D eigenvalue weighted by atomic mass is 9.74. The van der Waals surface area contributed by atoms with Crippen molar-refractivity contribution in [2.45, 2.75) is 117 Å². The molecule has 1 amide bonds. The highest BCUT2D eigenvalue weighted by Crippen LogP contribution is 2.41. The fourth-order valence-electron chi connectivity index (χ4n) is 6.36. The van der Waals surface area contributed by atoms with Gasteiger partial charge >= 0.3 is 0 Å². The first-order valence-corrected chi connectivity index (χ1v) is 14.8. The number of nitrogens with zero attached hydrogens (tertiary/aromatic N) is 1. The van der Waals surface area contributed by atoms with Crippen molar-refractivity contribution in [3.63, 3.8) is 0 Å². The summed E-state index contributed by atoms with van der Waals surface area (Å²) in [7, 11) is 0. The molecule has 0 bridgehead atoms. The molecule has 36 heavy (non-hydrogen) atoms. The summed E-state index contributed by atoms with van der Waals surface area (Å²) in [5, 5.41) is 3.53. The molecular weight excluding hydrogens is 444 g/mol. The smallest absolute Gasteiger partial charge is 0.251 e. The molecular formula is C32H52N2O2. The van der Waals surface area contributed by atoms with Gasteiger partial charge < -0.3 is 15.0 Å². The molecule has 2 aliphatic carbocycles. The van der Waals surface area contributed by atoms with Gasteiger partial charge in [0.05, 0.1) is 6.10 Å². The van der Waals surface area contributed by atoms with Crippen LogP contribution in [-0.2, 0) is 9.53 Å². The number of ether oxygens (including phenoxy) is 1. The van der Waals surface area contributed by atoms with E-state index in [0.717, 1.165) is 75.7 Å². The van der Waals surface area contributed by atoms with Crippen molar-refractivity contribution in [1.29, 1.82) is 0 Å².